The lowest BCUT2D eigenvalue weighted by Crippen LogP contribution is -2.29. The van der Waals surface area contributed by atoms with E-state index in [1.54, 1.807) is 0 Å². The van der Waals surface area contributed by atoms with Crippen LogP contribution in [0, 0.1) is 0 Å². The molecular weight excluding hydrogens is 274 g/mol. The zero-order chi connectivity index (χ0) is 13.6. The molecule has 2 rings (SSSR count). The maximum atomic E-state index is 12.2. The summed E-state index contributed by atoms with van der Waals surface area (Å²) in [6.07, 6.45) is 2.42. The molecule has 11 heteroatoms. The van der Waals surface area contributed by atoms with Gasteiger partial charge in [0.1, 0.15) is 13.4 Å². The summed E-state index contributed by atoms with van der Waals surface area (Å²) >= 11 is 0. The van der Waals surface area contributed by atoms with Gasteiger partial charge in [0.05, 0.1) is 6.20 Å². The van der Waals surface area contributed by atoms with Gasteiger partial charge in [0.25, 0.3) is 5.88 Å². The third kappa shape index (κ3) is 2.12. The second kappa shape index (κ2) is 3.87. The Hall–Kier alpha value is -1.78. The van der Waals surface area contributed by atoms with Gasteiger partial charge < -0.3 is 4.18 Å². The van der Waals surface area contributed by atoms with Crippen LogP contribution in [0.25, 0.3) is 5.52 Å². The van der Waals surface area contributed by atoms with Crippen LogP contribution in [-0.4, -0.2) is 36.4 Å². The van der Waals surface area contributed by atoms with Gasteiger partial charge in [0.15, 0.2) is 0 Å². The molecular formula is C7H3BF3N3O3S. The van der Waals surface area contributed by atoms with Crippen molar-refractivity contribution in [3.63, 3.8) is 0 Å². The molecule has 0 aliphatic carbocycles. The summed E-state index contributed by atoms with van der Waals surface area (Å²) in [5, 5.41) is 3.67. The third-order valence-electron chi connectivity index (χ3n) is 1.85. The summed E-state index contributed by atoms with van der Waals surface area (Å²) in [4.78, 5) is 3.39. The summed E-state index contributed by atoms with van der Waals surface area (Å²) in [7, 11) is -0.512. The molecule has 2 radical (unpaired) electrons. The number of hydrogen-bond donors (Lipinski definition) is 0. The lowest BCUT2D eigenvalue weighted by atomic mass is 10.1. The van der Waals surface area contributed by atoms with Crippen LogP contribution < -0.4 is 9.78 Å². The maximum Gasteiger partial charge on any atom is 0.534 e. The molecule has 6 nitrogen and oxygen atoms in total. The zero-order valence-corrected chi connectivity index (χ0v) is 9.23. The second-order valence-corrected chi connectivity index (χ2v) is 4.65. The van der Waals surface area contributed by atoms with Crippen LogP contribution in [0.5, 0.6) is 5.88 Å². The van der Waals surface area contributed by atoms with Gasteiger partial charge in [-0.15, -0.1) is 0 Å². The monoisotopic (exact) mass is 277 g/mol. The lowest BCUT2D eigenvalue weighted by molar-refractivity contribution is -0.0500. The van der Waals surface area contributed by atoms with E-state index in [1.807, 2.05) is 0 Å². The molecule has 0 fully saturated rings. The van der Waals surface area contributed by atoms with Crippen molar-refractivity contribution in [3.05, 3.63) is 18.5 Å². The van der Waals surface area contributed by atoms with E-state index < -0.39 is 21.5 Å². The van der Waals surface area contributed by atoms with E-state index >= 15 is 0 Å². The minimum atomic E-state index is -5.80. The molecule has 0 spiro atoms. The quantitative estimate of drug-likeness (QED) is 0.430. The van der Waals surface area contributed by atoms with Gasteiger partial charge >= 0.3 is 15.6 Å². The van der Waals surface area contributed by atoms with Crippen molar-refractivity contribution >= 4 is 29.1 Å². The Labute approximate surface area is 99.9 Å². The molecule has 0 aliphatic rings. The average molecular weight is 277 g/mol. The Balaban J connectivity index is 2.53. The summed E-state index contributed by atoms with van der Waals surface area (Å²) < 4.78 is 63.1. The van der Waals surface area contributed by atoms with Crippen LogP contribution in [0.1, 0.15) is 0 Å². The highest BCUT2D eigenvalue weighted by Crippen LogP contribution is 2.27. The van der Waals surface area contributed by atoms with Gasteiger partial charge in [0.2, 0.25) is 0 Å². The van der Waals surface area contributed by atoms with E-state index in [1.165, 1.54) is 18.5 Å². The topological polar surface area (TPSA) is 73.6 Å². The van der Waals surface area contributed by atoms with Crippen LogP contribution in [-0.2, 0) is 10.1 Å². The standard InChI is InChI=1S/C7H3BF3N3O3S/c8-5-3-14-4(1-2-12-14)6(13-5)17-18(15,16)7(9,10)11/h1-3H. The van der Waals surface area contributed by atoms with Crippen molar-refractivity contribution in [2.75, 3.05) is 0 Å². The molecule has 2 heterocycles. The van der Waals surface area contributed by atoms with Crippen LogP contribution in [0.15, 0.2) is 18.5 Å². The van der Waals surface area contributed by atoms with Crippen molar-refractivity contribution in [1.29, 1.82) is 0 Å². The van der Waals surface area contributed by atoms with Gasteiger partial charge in [0, 0.05) is 11.8 Å². The number of nitrogens with zero attached hydrogens (tertiary/aromatic N) is 3. The van der Waals surface area contributed by atoms with Crippen molar-refractivity contribution in [3.8, 4) is 5.88 Å². The highest BCUT2D eigenvalue weighted by Gasteiger charge is 2.49. The number of rotatable bonds is 2. The largest absolute Gasteiger partial charge is 0.534 e. The molecule has 0 bridgehead atoms. The van der Waals surface area contributed by atoms with Crippen LogP contribution in [0.4, 0.5) is 13.2 Å². The molecule has 0 aromatic carbocycles. The third-order valence-corrected chi connectivity index (χ3v) is 2.79. The number of alkyl halides is 3. The Bertz CT molecular complexity index is 697. The van der Waals surface area contributed by atoms with E-state index in [-0.39, 0.29) is 11.1 Å². The number of fused-ring (bicyclic) bond motifs is 1. The molecule has 0 atom stereocenters. The highest BCUT2D eigenvalue weighted by molar-refractivity contribution is 7.88. The van der Waals surface area contributed by atoms with Gasteiger partial charge in [-0.2, -0.15) is 26.7 Å². The van der Waals surface area contributed by atoms with Crippen molar-refractivity contribution in [2.24, 2.45) is 0 Å². The normalized spacial score (nSPS) is 12.8. The van der Waals surface area contributed by atoms with Gasteiger partial charge in [-0.05, 0) is 6.07 Å². The minimum absolute atomic E-state index is 0.0583. The zero-order valence-electron chi connectivity index (χ0n) is 8.42. The summed E-state index contributed by atoms with van der Waals surface area (Å²) in [6.45, 7) is 0. The van der Waals surface area contributed by atoms with E-state index in [9.17, 15) is 21.6 Å². The molecule has 18 heavy (non-hydrogen) atoms. The minimum Gasteiger partial charge on any atom is -0.353 e. The van der Waals surface area contributed by atoms with E-state index in [4.69, 9.17) is 7.85 Å². The lowest BCUT2D eigenvalue weighted by Gasteiger charge is -2.10. The maximum absolute atomic E-state index is 12.2. The predicted octanol–water partition coefficient (Wildman–Crippen LogP) is -0.248. The Morgan fingerprint density at radius 1 is 1.39 bits per heavy atom. The molecule has 0 unspecified atom stereocenters. The summed E-state index contributed by atoms with van der Waals surface area (Å²) in [6, 6.07) is 1.23. The van der Waals surface area contributed by atoms with Crippen molar-refractivity contribution < 1.29 is 25.8 Å². The highest BCUT2D eigenvalue weighted by atomic mass is 32.2. The molecule has 2 aromatic rings. The molecule has 0 saturated heterocycles. The molecule has 0 amide bonds. The fourth-order valence-corrected chi connectivity index (χ4v) is 1.55. The van der Waals surface area contributed by atoms with Gasteiger partial charge in [-0.3, -0.25) is 0 Å². The van der Waals surface area contributed by atoms with E-state index in [0.717, 1.165) is 4.52 Å². The second-order valence-electron chi connectivity index (χ2n) is 3.12. The Morgan fingerprint density at radius 2 is 2.06 bits per heavy atom. The smallest absolute Gasteiger partial charge is 0.353 e. The summed E-state index contributed by atoms with van der Waals surface area (Å²) in [5.74, 6) is -0.787. The summed E-state index contributed by atoms with van der Waals surface area (Å²) in [5.41, 5.74) is -5.84. The first kappa shape index (κ1) is 12.7. The van der Waals surface area contributed by atoms with Crippen LogP contribution >= 0.6 is 0 Å². The molecule has 0 N–H and O–H groups in total. The SMILES string of the molecule is [B]c1cn2nccc2c(OS(=O)(=O)C(F)(F)F)n1. The van der Waals surface area contributed by atoms with Gasteiger partial charge in [-0.1, -0.05) is 0 Å². The van der Waals surface area contributed by atoms with Crippen LogP contribution in [0.2, 0.25) is 0 Å². The fourth-order valence-electron chi connectivity index (χ4n) is 1.13. The number of aromatic nitrogens is 3. The first-order chi connectivity index (χ1) is 8.21. The predicted molar refractivity (Wildman–Crippen MR) is 54.0 cm³/mol. The molecule has 0 saturated carbocycles. The molecule has 2 aromatic heterocycles. The molecule has 0 aliphatic heterocycles. The fraction of sp³-hybridized carbons (Fsp3) is 0.143. The van der Waals surface area contributed by atoms with E-state index in [2.05, 4.69) is 14.3 Å². The molecule has 94 valence electrons. The van der Waals surface area contributed by atoms with Crippen molar-refractivity contribution in [2.45, 2.75) is 5.51 Å². The Morgan fingerprint density at radius 3 is 2.67 bits per heavy atom. The average Bonchev–Trinajstić information content (AvgIpc) is 2.62. The number of halogens is 3. The first-order valence-corrected chi connectivity index (χ1v) is 5.72. The Kier molecular flexibility index (Phi) is 2.72. The van der Waals surface area contributed by atoms with Crippen molar-refractivity contribution in [1.82, 2.24) is 14.6 Å². The van der Waals surface area contributed by atoms with Crippen LogP contribution in [0.3, 0.4) is 0 Å². The van der Waals surface area contributed by atoms with Gasteiger partial charge in [-0.25, -0.2) is 9.50 Å². The first-order valence-electron chi connectivity index (χ1n) is 4.31. The number of hydrogen-bond acceptors (Lipinski definition) is 5. The van der Waals surface area contributed by atoms with E-state index in [0.29, 0.717) is 0 Å².